The molecule has 1 aliphatic carbocycles. The molecule has 1 aliphatic heterocycles. The molecular formula is C18H33N3O3. The molecule has 1 unspecified atom stereocenters. The van der Waals surface area contributed by atoms with Crippen molar-refractivity contribution in [3.8, 4) is 0 Å². The van der Waals surface area contributed by atoms with Crippen LogP contribution in [0.5, 0.6) is 0 Å². The van der Waals surface area contributed by atoms with E-state index in [2.05, 4.69) is 5.32 Å². The number of nitrogens with one attached hydrogen (secondary N) is 1. The lowest BCUT2D eigenvalue weighted by atomic mass is 9.94. The second kappa shape index (κ2) is 8.81. The fourth-order valence-electron chi connectivity index (χ4n) is 4.04. The number of carbonyl (C=O) groups is 2. The Labute approximate surface area is 145 Å². The number of hydrogen-bond acceptors (Lipinski definition) is 4. The standard InChI is InChI=1S/C18H33N3O3/c1-15(22)19-16-8-7-11-21(12-16)17(23)13-20(2)14-18(24)9-5-3-4-6-10-18/h16,24H,3-14H2,1-2H3,(H,19,22). The quantitative estimate of drug-likeness (QED) is 0.737. The van der Waals surface area contributed by atoms with Crippen molar-refractivity contribution in [1.82, 2.24) is 15.1 Å². The van der Waals surface area contributed by atoms with Crippen molar-refractivity contribution >= 4 is 11.8 Å². The molecule has 2 amide bonds. The van der Waals surface area contributed by atoms with E-state index in [1.54, 1.807) is 0 Å². The van der Waals surface area contributed by atoms with Crippen LogP contribution in [-0.4, -0.2) is 71.6 Å². The number of rotatable bonds is 5. The molecule has 1 saturated heterocycles. The molecule has 0 aromatic heterocycles. The Morgan fingerprint density at radius 2 is 1.88 bits per heavy atom. The average Bonchev–Trinajstić information content (AvgIpc) is 2.71. The maximum absolute atomic E-state index is 12.5. The first-order valence-electron chi connectivity index (χ1n) is 9.34. The van der Waals surface area contributed by atoms with Crippen molar-refractivity contribution in [1.29, 1.82) is 0 Å². The molecule has 0 bridgehead atoms. The maximum atomic E-state index is 12.5. The van der Waals surface area contributed by atoms with Gasteiger partial charge in [-0.25, -0.2) is 0 Å². The second-order valence-electron chi connectivity index (χ2n) is 7.69. The van der Waals surface area contributed by atoms with Gasteiger partial charge in [0.15, 0.2) is 0 Å². The van der Waals surface area contributed by atoms with Gasteiger partial charge in [-0.15, -0.1) is 0 Å². The number of likely N-dealkylation sites (tertiary alicyclic amines) is 1. The molecule has 1 atom stereocenters. The summed E-state index contributed by atoms with van der Waals surface area (Å²) in [6.07, 6.45) is 8.06. The van der Waals surface area contributed by atoms with Gasteiger partial charge in [0.1, 0.15) is 0 Å². The minimum atomic E-state index is -0.647. The fourth-order valence-corrected chi connectivity index (χ4v) is 4.04. The van der Waals surface area contributed by atoms with Crippen molar-refractivity contribution < 1.29 is 14.7 Å². The van der Waals surface area contributed by atoms with E-state index in [0.717, 1.165) is 45.1 Å². The van der Waals surface area contributed by atoms with Gasteiger partial charge in [-0.3, -0.25) is 14.5 Å². The van der Waals surface area contributed by atoms with Gasteiger partial charge in [0.2, 0.25) is 11.8 Å². The summed E-state index contributed by atoms with van der Waals surface area (Å²) in [5.74, 6) is 0.0479. The molecule has 24 heavy (non-hydrogen) atoms. The molecule has 138 valence electrons. The summed E-state index contributed by atoms with van der Waals surface area (Å²) < 4.78 is 0. The van der Waals surface area contributed by atoms with Crippen LogP contribution in [0.4, 0.5) is 0 Å². The average molecular weight is 339 g/mol. The summed E-state index contributed by atoms with van der Waals surface area (Å²) in [5, 5.41) is 13.7. The van der Waals surface area contributed by atoms with E-state index >= 15 is 0 Å². The normalized spacial score (nSPS) is 24.5. The van der Waals surface area contributed by atoms with E-state index in [9.17, 15) is 14.7 Å². The Bertz CT molecular complexity index is 433. The number of nitrogens with zero attached hydrogens (tertiary/aromatic N) is 2. The Balaban J connectivity index is 1.81. The minimum Gasteiger partial charge on any atom is -0.389 e. The summed E-state index contributed by atoms with van der Waals surface area (Å²) in [4.78, 5) is 27.5. The third-order valence-corrected chi connectivity index (χ3v) is 5.19. The zero-order valence-corrected chi connectivity index (χ0v) is 15.2. The van der Waals surface area contributed by atoms with Crippen molar-refractivity contribution in [3.63, 3.8) is 0 Å². The topological polar surface area (TPSA) is 72.9 Å². The fraction of sp³-hybridized carbons (Fsp3) is 0.889. The van der Waals surface area contributed by atoms with Gasteiger partial charge in [-0.2, -0.15) is 0 Å². The molecule has 1 heterocycles. The molecular weight excluding hydrogens is 306 g/mol. The van der Waals surface area contributed by atoms with Crippen LogP contribution >= 0.6 is 0 Å². The predicted octanol–water partition coefficient (Wildman–Crippen LogP) is 1.13. The third-order valence-electron chi connectivity index (χ3n) is 5.19. The summed E-state index contributed by atoms with van der Waals surface area (Å²) in [6.45, 7) is 3.75. The first kappa shape index (κ1) is 19.2. The molecule has 2 N–H and O–H groups in total. The number of aliphatic hydroxyl groups is 1. The molecule has 0 aromatic carbocycles. The Hall–Kier alpha value is -1.14. The van der Waals surface area contributed by atoms with Crippen LogP contribution in [0.1, 0.15) is 58.3 Å². The van der Waals surface area contributed by atoms with Crippen LogP contribution in [0.3, 0.4) is 0 Å². The second-order valence-corrected chi connectivity index (χ2v) is 7.69. The molecule has 0 spiro atoms. The maximum Gasteiger partial charge on any atom is 0.236 e. The minimum absolute atomic E-state index is 0.0398. The Morgan fingerprint density at radius 3 is 2.50 bits per heavy atom. The van der Waals surface area contributed by atoms with Crippen LogP contribution in [-0.2, 0) is 9.59 Å². The summed E-state index contributed by atoms with van der Waals surface area (Å²) >= 11 is 0. The number of hydrogen-bond donors (Lipinski definition) is 2. The Morgan fingerprint density at radius 1 is 1.21 bits per heavy atom. The largest absolute Gasteiger partial charge is 0.389 e. The van der Waals surface area contributed by atoms with Crippen molar-refractivity contribution in [2.45, 2.75) is 69.9 Å². The van der Waals surface area contributed by atoms with Crippen LogP contribution in [0.25, 0.3) is 0 Å². The lowest BCUT2D eigenvalue weighted by Crippen LogP contribution is -2.52. The zero-order chi connectivity index (χ0) is 17.6. The zero-order valence-electron chi connectivity index (χ0n) is 15.2. The highest BCUT2D eigenvalue weighted by Crippen LogP contribution is 2.27. The van der Waals surface area contributed by atoms with Crippen molar-refractivity contribution in [3.05, 3.63) is 0 Å². The van der Waals surface area contributed by atoms with Gasteiger partial charge in [-0.05, 0) is 32.7 Å². The van der Waals surface area contributed by atoms with Gasteiger partial charge in [0, 0.05) is 32.6 Å². The number of piperidine rings is 1. The number of carbonyl (C=O) groups excluding carboxylic acids is 2. The predicted molar refractivity (Wildman–Crippen MR) is 93.6 cm³/mol. The molecule has 6 nitrogen and oxygen atoms in total. The smallest absolute Gasteiger partial charge is 0.236 e. The number of likely N-dealkylation sites (N-methyl/N-ethyl adjacent to an activating group) is 1. The summed E-state index contributed by atoms with van der Waals surface area (Å²) in [5.41, 5.74) is -0.647. The molecule has 0 radical (unpaired) electrons. The molecule has 1 saturated carbocycles. The highest BCUT2D eigenvalue weighted by Gasteiger charge is 2.31. The van der Waals surface area contributed by atoms with Gasteiger partial charge < -0.3 is 15.3 Å². The monoisotopic (exact) mass is 339 g/mol. The Kier molecular flexibility index (Phi) is 7.04. The van der Waals surface area contributed by atoms with Crippen LogP contribution < -0.4 is 5.32 Å². The van der Waals surface area contributed by atoms with E-state index in [4.69, 9.17) is 0 Å². The first-order chi connectivity index (χ1) is 11.4. The molecule has 2 fully saturated rings. The summed E-state index contributed by atoms with van der Waals surface area (Å²) in [7, 11) is 1.91. The molecule has 2 rings (SSSR count). The van der Waals surface area contributed by atoms with E-state index in [0.29, 0.717) is 19.6 Å². The number of amides is 2. The first-order valence-corrected chi connectivity index (χ1v) is 9.34. The molecule has 0 aromatic rings. The van der Waals surface area contributed by atoms with E-state index in [1.807, 2.05) is 16.8 Å². The summed E-state index contributed by atoms with van der Waals surface area (Å²) in [6, 6.07) is 0.0662. The van der Waals surface area contributed by atoms with Gasteiger partial charge >= 0.3 is 0 Å². The van der Waals surface area contributed by atoms with Crippen LogP contribution in [0, 0.1) is 0 Å². The highest BCUT2D eigenvalue weighted by atomic mass is 16.3. The lowest BCUT2D eigenvalue weighted by Gasteiger charge is -2.35. The SMILES string of the molecule is CC(=O)NC1CCCN(C(=O)CN(C)CC2(O)CCCCCC2)C1. The van der Waals surface area contributed by atoms with Crippen molar-refractivity contribution in [2.24, 2.45) is 0 Å². The van der Waals surface area contributed by atoms with Gasteiger partial charge in [-0.1, -0.05) is 25.7 Å². The third kappa shape index (κ3) is 6.06. The van der Waals surface area contributed by atoms with Gasteiger partial charge in [0.25, 0.3) is 0 Å². The van der Waals surface area contributed by atoms with Crippen LogP contribution in [0.2, 0.25) is 0 Å². The van der Waals surface area contributed by atoms with Gasteiger partial charge in [0.05, 0.1) is 12.1 Å². The lowest BCUT2D eigenvalue weighted by molar-refractivity contribution is -0.135. The van der Waals surface area contributed by atoms with Crippen LogP contribution in [0.15, 0.2) is 0 Å². The molecule has 2 aliphatic rings. The molecule has 6 heteroatoms. The van der Waals surface area contributed by atoms with E-state index < -0.39 is 5.60 Å². The van der Waals surface area contributed by atoms with E-state index in [1.165, 1.54) is 19.8 Å². The highest BCUT2D eigenvalue weighted by molar-refractivity contribution is 5.78. The van der Waals surface area contributed by atoms with E-state index in [-0.39, 0.29) is 17.9 Å². The van der Waals surface area contributed by atoms with Crippen molar-refractivity contribution in [2.75, 3.05) is 33.2 Å².